The summed E-state index contributed by atoms with van der Waals surface area (Å²) >= 11 is 0. The van der Waals surface area contributed by atoms with Crippen LogP contribution < -0.4 is 5.32 Å². The Morgan fingerprint density at radius 2 is 1.92 bits per heavy atom. The van der Waals surface area contributed by atoms with Crippen LogP contribution in [0.1, 0.15) is 38.8 Å². The molecule has 3 rings (SSSR count). The van der Waals surface area contributed by atoms with Gasteiger partial charge in [0.25, 0.3) is 0 Å². The van der Waals surface area contributed by atoms with Crippen LogP contribution in [-0.2, 0) is 10.2 Å². The number of aliphatic carboxylic acids is 1. The van der Waals surface area contributed by atoms with Crippen LogP contribution in [0.4, 0.5) is 0 Å². The van der Waals surface area contributed by atoms with Gasteiger partial charge in [0, 0.05) is 17.5 Å². The third kappa shape index (κ3) is 2.41. The van der Waals surface area contributed by atoms with Crippen molar-refractivity contribution in [3.8, 4) is 0 Å². The van der Waals surface area contributed by atoms with Gasteiger partial charge in [0.15, 0.2) is 0 Å². The quantitative estimate of drug-likeness (QED) is 0.744. The third-order valence-electron chi connectivity index (χ3n) is 5.10. The number of aliphatic hydroxyl groups excluding tert-OH is 1. The summed E-state index contributed by atoms with van der Waals surface area (Å²) in [7, 11) is 0. The highest BCUT2D eigenvalue weighted by atomic mass is 16.4. The van der Waals surface area contributed by atoms with Crippen LogP contribution in [-0.4, -0.2) is 34.4 Å². The Labute approximate surface area is 142 Å². The normalized spacial score (nSPS) is 29.1. The number of benzene rings is 1. The van der Waals surface area contributed by atoms with E-state index in [0.717, 1.165) is 16.7 Å². The Kier molecular flexibility index (Phi) is 3.74. The second-order valence-electron chi connectivity index (χ2n) is 8.06. The van der Waals surface area contributed by atoms with Gasteiger partial charge >= 0.3 is 5.97 Å². The van der Waals surface area contributed by atoms with E-state index in [-0.39, 0.29) is 5.54 Å². The summed E-state index contributed by atoms with van der Waals surface area (Å²) in [5, 5.41) is 23.8. The van der Waals surface area contributed by atoms with Crippen molar-refractivity contribution in [1.29, 1.82) is 0 Å². The van der Waals surface area contributed by atoms with Crippen molar-refractivity contribution < 1.29 is 15.0 Å². The van der Waals surface area contributed by atoms with E-state index >= 15 is 0 Å². The van der Waals surface area contributed by atoms with Crippen molar-refractivity contribution in [2.24, 2.45) is 5.41 Å². The molecule has 0 bridgehead atoms. The summed E-state index contributed by atoms with van der Waals surface area (Å²) < 4.78 is 0. The molecule has 0 amide bonds. The van der Waals surface area contributed by atoms with Crippen LogP contribution in [0.25, 0.3) is 5.57 Å². The Hall–Kier alpha value is -1.91. The fourth-order valence-electron chi connectivity index (χ4n) is 3.52. The van der Waals surface area contributed by atoms with Crippen LogP contribution in [0.2, 0.25) is 0 Å². The summed E-state index contributed by atoms with van der Waals surface area (Å²) in [5.74, 6) is -0.868. The SMILES string of the molecule is CC(C)(C)NCC(O)C1(C)C=CC2(C(=O)O)C(=C1)c1ccccc12. The molecule has 3 unspecified atom stereocenters. The Morgan fingerprint density at radius 3 is 2.54 bits per heavy atom. The number of nitrogens with one attached hydrogen (secondary N) is 1. The summed E-state index contributed by atoms with van der Waals surface area (Å²) in [6, 6.07) is 7.59. The summed E-state index contributed by atoms with van der Waals surface area (Å²) in [4.78, 5) is 12.0. The average molecular weight is 327 g/mol. The van der Waals surface area contributed by atoms with E-state index < -0.39 is 22.9 Å². The lowest BCUT2D eigenvalue weighted by molar-refractivity contribution is -0.140. The zero-order valence-electron chi connectivity index (χ0n) is 14.6. The van der Waals surface area contributed by atoms with Gasteiger partial charge in [0.1, 0.15) is 5.41 Å². The number of hydrogen-bond acceptors (Lipinski definition) is 3. The molecule has 4 heteroatoms. The van der Waals surface area contributed by atoms with Gasteiger partial charge in [-0.3, -0.25) is 4.79 Å². The minimum absolute atomic E-state index is 0.0866. The van der Waals surface area contributed by atoms with Crippen molar-refractivity contribution in [2.75, 3.05) is 6.54 Å². The molecule has 0 aliphatic heterocycles. The van der Waals surface area contributed by atoms with Crippen molar-refractivity contribution in [3.63, 3.8) is 0 Å². The maximum absolute atomic E-state index is 12.0. The van der Waals surface area contributed by atoms with Gasteiger partial charge in [0.05, 0.1) is 6.10 Å². The van der Waals surface area contributed by atoms with Crippen LogP contribution in [0.5, 0.6) is 0 Å². The van der Waals surface area contributed by atoms with Gasteiger partial charge in [0.2, 0.25) is 0 Å². The largest absolute Gasteiger partial charge is 0.480 e. The van der Waals surface area contributed by atoms with Gasteiger partial charge in [-0.1, -0.05) is 49.4 Å². The lowest BCUT2D eigenvalue weighted by Gasteiger charge is -2.47. The molecular formula is C20H25NO3. The predicted octanol–water partition coefficient (Wildman–Crippen LogP) is 2.73. The first-order valence-corrected chi connectivity index (χ1v) is 8.30. The first-order valence-electron chi connectivity index (χ1n) is 8.30. The molecule has 128 valence electrons. The molecule has 2 aliphatic carbocycles. The van der Waals surface area contributed by atoms with Crippen LogP contribution in [0.15, 0.2) is 42.5 Å². The predicted molar refractivity (Wildman–Crippen MR) is 94.7 cm³/mol. The minimum atomic E-state index is -1.06. The maximum Gasteiger partial charge on any atom is 0.322 e. The molecule has 0 spiro atoms. The molecule has 0 saturated carbocycles. The first-order chi connectivity index (χ1) is 11.1. The van der Waals surface area contributed by atoms with E-state index in [9.17, 15) is 15.0 Å². The zero-order valence-corrected chi connectivity index (χ0v) is 14.6. The number of hydrogen-bond donors (Lipinski definition) is 3. The van der Waals surface area contributed by atoms with Crippen molar-refractivity contribution in [3.05, 3.63) is 53.6 Å². The fraction of sp³-hybridized carbons (Fsp3) is 0.450. The highest BCUT2D eigenvalue weighted by Crippen LogP contribution is 2.56. The number of aliphatic hydroxyl groups is 1. The first kappa shape index (κ1) is 16.9. The lowest BCUT2D eigenvalue weighted by Crippen LogP contribution is -2.50. The third-order valence-corrected chi connectivity index (χ3v) is 5.10. The van der Waals surface area contributed by atoms with Crippen molar-refractivity contribution >= 4 is 11.5 Å². The number of carboxylic acids is 1. The number of carboxylic acid groups (broad SMARTS) is 1. The Morgan fingerprint density at radius 1 is 1.25 bits per heavy atom. The molecule has 0 heterocycles. The summed E-state index contributed by atoms with van der Waals surface area (Å²) in [5.41, 5.74) is 0.825. The van der Waals surface area contributed by atoms with E-state index in [0.29, 0.717) is 6.54 Å². The minimum Gasteiger partial charge on any atom is -0.480 e. The number of rotatable bonds is 4. The average Bonchev–Trinajstić information content (AvgIpc) is 2.50. The molecule has 0 aromatic heterocycles. The van der Waals surface area contributed by atoms with Crippen molar-refractivity contribution in [1.82, 2.24) is 5.32 Å². The second-order valence-corrected chi connectivity index (χ2v) is 8.06. The van der Waals surface area contributed by atoms with Gasteiger partial charge < -0.3 is 15.5 Å². The molecule has 24 heavy (non-hydrogen) atoms. The fourth-order valence-corrected chi connectivity index (χ4v) is 3.52. The molecule has 3 N–H and O–H groups in total. The van der Waals surface area contributed by atoms with E-state index in [1.165, 1.54) is 0 Å². The molecule has 1 aromatic rings. The smallest absolute Gasteiger partial charge is 0.322 e. The molecule has 3 atom stereocenters. The molecule has 0 radical (unpaired) electrons. The molecule has 0 fully saturated rings. The lowest BCUT2D eigenvalue weighted by atomic mass is 9.55. The standard InChI is InChI=1S/C20H25NO3/c1-18(2,3)21-12-16(22)19(4)9-10-20(17(23)24)14-8-6-5-7-13(14)15(20)11-19/h5-11,16,21-22H,12H2,1-4H3,(H,23,24). The van der Waals surface area contributed by atoms with E-state index in [1.807, 2.05) is 43.3 Å². The molecule has 0 saturated heterocycles. The van der Waals surface area contributed by atoms with E-state index in [1.54, 1.807) is 6.08 Å². The van der Waals surface area contributed by atoms with Gasteiger partial charge in [-0.15, -0.1) is 0 Å². The number of carbonyl (C=O) groups is 1. The second kappa shape index (κ2) is 5.30. The number of fused-ring (bicyclic) bond motifs is 4. The number of β-amino-alcohol motifs (C(OH)–C–C–N with tert-alkyl or cyclic N) is 1. The van der Waals surface area contributed by atoms with Crippen LogP contribution in [0.3, 0.4) is 0 Å². The summed E-state index contributed by atoms with van der Waals surface area (Å²) in [6.07, 6.45) is 4.88. The molecular weight excluding hydrogens is 302 g/mol. The van der Waals surface area contributed by atoms with Gasteiger partial charge in [-0.25, -0.2) is 0 Å². The Balaban J connectivity index is 1.96. The van der Waals surface area contributed by atoms with Crippen LogP contribution in [0, 0.1) is 5.41 Å². The Bertz CT molecular complexity index is 743. The monoisotopic (exact) mass is 327 g/mol. The van der Waals surface area contributed by atoms with E-state index in [2.05, 4.69) is 26.1 Å². The zero-order chi connectivity index (χ0) is 17.8. The van der Waals surface area contributed by atoms with E-state index in [4.69, 9.17) is 0 Å². The van der Waals surface area contributed by atoms with Crippen LogP contribution >= 0.6 is 0 Å². The molecule has 2 aliphatic rings. The van der Waals surface area contributed by atoms with Gasteiger partial charge in [-0.05, 0) is 37.5 Å². The topological polar surface area (TPSA) is 69.6 Å². The molecule has 4 nitrogen and oxygen atoms in total. The highest BCUT2D eigenvalue weighted by molar-refractivity contribution is 6.09. The van der Waals surface area contributed by atoms with Gasteiger partial charge in [-0.2, -0.15) is 0 Å². The molecule has 1 aromatic carbocycles. The maximum atomic E-state index is 12.0. The van der Waals surface area contributed by atoms with Crippen molar-refractivity contribution in [2.45, 2.75) is 44.8 Å². The highest BCUT2D eigenvalue weighted by Gasteiger charge is 2.55. The summed E-state index contributed by atoms with van der Waals surface area (Å²) in [6.45, 7) is 8.53.